The van der Waals surface area contributed by atoms with Gasteiger partial charge < -0.3 is 25.2 Å². The van der Waals surface area contributed by atoms with Crippen molar-refractivity contribution in [1.82, 2.24) is 15.2 Å². The van der Waals surface area contributed by atoms with Gasteiger partial charge in [0.1, 0.15) is 11.6 Å². The monoisotopic (exact) mass is 395 g/mol. The molecule has 29 heavy (non-hydrogen) atoms. The predicted octanol–water partition coefficient (Wildman–Crippen LogP) is 2.95. The van der Waals surface area contributed by atoms with Crippen molar-refractivity contribution in [1.29, 1.82) is 0 Å². The maximum atomic E-state index is 13.3. The second-order valence-electron chi connectivity index (χ2n) is 7.19. The molecule has 2 heterocycles. The molecular formula is C22H26FN5O. The molecular weight excluding hydrogens is 369 g/mol. The maximum Gasteiger partial charge on any atom is 0.193 e. The van der Waals surface area contributed by atoms with E-state index in [-0.39, 0.29) is 5.82 Å². The van der Waals surface area contributed by atoms with Gasteiger partial charge >= 0.3 is 0 Å². The van der Waals surface area contributed by atoms with Crippen LogP contribution in [-0.4, -0.2) is 60.7 Å². The third kappa shape index (κ3) is 4.13. The van der Waals surface area contributed by atoms with Crippen LogP contribution in [0.25, 0.3) is 10.9 Å². The smallest absolute Gasteiger partial charge is 0.193 e. The molecule has 6 nitrogen and oxygen atoms in total. The summed E-state index contributed by atoms with van der Waals surface area (Å²) in [5.74, 6) is 0.974. The Balaban J connectivity index is 1.31. The molecule has 2 aromatic carbocycles. The number of nitrogens with one attached hydrogen (secondary N) is 2. The average Bonchev–Trinajstić information content (AvgIpc) is 3.14. The topological polar surface area (TPSA) is 66.9 Å². The number of aromatic nitrogens is 1. The fraction of sp³-hybridized carbons (Fsp3) is 0.318. The van der Waals surface area contributed by atoms with E-state index in [0.717, 1.165) is 67.3 Å². The van der Waals surface area contributed by atoms with Crippen molar-refractivity contribution >= 4 is 22.5 Å². The first-order valence-electron chi connectivity index (χ1n) is 9.90. The van der Waals surface area contributed by atoms with Gasteiger partial charge in [0.25, 0.3) is 0 Å². The Labute approximate surface area is 169 Å². The minimum atomic E-state index is -0.229. The zero-order valence-electron chi connectivity index (χ0n) is 16.5. The van der Waals surface area contributed by atoms with E-state index in [1.165, 1.54) is 12.1 Å². The van der Waals surface area contributed by atoms with Crippen LogP contribution < -0.4 is 10.2 Å². The fourth-order valence-corrected chi connectivity index (χ4v) is 3.90. The molecule has 3 N–H and O–H groups in total. The van der Waals surface area contributed by atoms with Gasteiger partial charge in [0.15, 0.2) is 5.96 Å². The summed E-state index contributed by atoms with van der Waals surface area (Å²) in [5, 5.41) is 14.6. The standard InChI is InChI=1S/C22H26FN5O/c1-24-22(25-9-8-16-15-26-19-14-17(23)6-7-18(16)19)28-12-10-27(11-13-28)20-4-2-3-5-21(20)29/h2-7,14-15,26,29H,8-13H2,1H3,(H,24,25). The highest BCUT2D eigenvalue weighted by Gasteiger charge is 2.21. The van der Waals surface area contributed by atoms with Crippen LogP contribution >= 0.6 is 0 Å². The molecule has 0 bridgehead atoms. The number of benzene rings is 2. The van der Waals surface area contributed by atoms with Crippen LogP contribution in [0, 0.1) is 5.82 Å². The highest BCUT2D eigenvalue weighted by Crippen LogP contribution is 2.27. The summed E-state index contributed by atoms with van der Waals surface area (Å²) in [7, 11) is 1.80. The fourth-order valence-electron chi connectivity index (χ4n) is 3.90. The quantitative estimate of drug-likeness (QED) is 0.469. The largest absolute Gasteiger partial charge is 0.506 e. The molecule has 0 atom stereocenters. The van der Waals surface area contributed by atoms with Crippen LogP contribution in [0.15, 0.2) is 53.7 Å². The van der Waals surface area contributed by atoms with Crippen LogP contribution in [0.5, 0.6) is 5.75 Å². The highest BCUT2D eigenvalue weighted by molar-refractivity contribution is 5.83. The molecule has 0 unspecified atom stereocenters. The first-order chi connectivity index (χ1) is 14.2. The molecule has 1 saturated heterocycles. The molecule has 1 fully saturated rings. The Morgan fingerprint density at radius 2 is 1.97 bits per heavy atom. The van der Waals surface area contributed by atoms with Gasteiger partial charge in [0.05, 0.1) is 5.69 Å². The number of phenols is 1. The zero-order chi connectivity index (χ0) is 20.2. The molecule has 1 aliphatic heterocycles. The van der Waals surface area contributed by atoms with Gasteiger partial charge in [-0.1, -0.05) is 12.1 Å². The molecule has 152 valence electrons. The first kappa shape index (κ1) is 19.1. The molecule has 0 amide bonds. The number of hydrogen-bond donors (Lipinski definition) is 3. The summed E-state index contributed by atoms with van der Waals surface area (Å²) >= 11 is 0. The van der Waals surface area contributed by atoms with Crippen molar-refractivity contribution in [3.63, 3.8) is 0 Å². The lowest BCUT2D eigenvalue weighted by Gasteiger charge is -2.37. The average molecular weight is 395 g/mol. The summed E-state index contributed by atoms with van der Waals surface area (Å²) in [6.07, 6.45) is 2.77. The van der Waals surface area contributed by atoms with E-state index in [1.807, 2.05) is 30.5 Å². The van der Waals surface area contributed by atoms with Crippen LogP contribution in [0.2, 0.25) is 0 Å². The minimum Gasteiger partial charge on any atom is -0.506 e. The van der Waals surface area contributed by atoms with Crippen molar-refractivity contribution in [2.75, 3.05) is 44.7 Å². The van der Waals surface area contributed by atoms with Gasteiger partial charge in [-0.2, -0.15) is 0 Å². The minimum absolute atomic E-state index is 0.229. The highest BCUT2D eigenvalue weighted by atomic mass is 19.1. The van der Waals surface area contributed by atoms with E-state index >= 15 is 0 Å². The van der Waals surface area contributed by atoms with Gasteiger partial charge in [0.2, 0.25) is 0 Å². The number of hydrogen-bond acceptors (Lipinski definition) is 3. The third-order valence-corrected chi connectivity index (χ3v) is 5.42. The van der Waals surface area contributed by atoms with E-state index in [4.69, 9.17) is 0 Å². The van der Waals surface area contributed by atoms with E-state index in [1.54, 1.807) is 13.1 Å². The Morgan fingerprint density at radius 3 is 2.72 bits per heavy atom. The number of rotatable bonds is 4. The van der Waals surface area contributed by atoms with Gasteiger partial charge in [-0.05, 0) is 42.3 Å². The Hall–Kier alpha value is -3.22. The van der Waals surface area contributed by atoms with E-state index in [2.05, 4.69) is 25.1 Å². The number of guanidine groups is 1. The van der Waals surface area contributed by atoms with E-state index in [0.29, 0.717) is 5.75 Å². The van der Waals surface area contributed by atoms with Gasteiger partial charge in [-0.3, -0.25) is 4.99 Å². The number of piperazine rings is 1. The molecule has 4 rings (SSSR count). The number of H-pyrrole nitrogens is 1. The molecule has 1 aliphatic rings. The van der Waals surface area contributed by atoms with Gasteiger partial charge in [-0.25, -0.2) is 4.39 Å². The number of para-hydroxylation sites is 2. The molecule has 1 aromatic heterocycles. The van der Waals surface area contributed by atoms with Crippen LogP contribution in [-0.2, 0) is 6.42 Å². The predicted molar refractivity (Wildman–Crippen MR) is 115 cm³/mol. The lowest BCUT2D eigenvalue weighted by molar-refractivity contribution is 0.370. The number of anilines is 1. The molecule has 3 aromatic rings. The number of aromatic hydroxyl groups is 1. The molecule has 0 saturated carbocycles. The second-order valence-corrected chi connectivity index (χ2v) is 7.19. The lowest BCUT2D eigenvalue weighted by atomic mass is 10.1. The number of aromatic amines is 1. The van der Waals surface area contributed by atoms with Gasteiger partial charge in [-0.15, -0.1) is 0 Å². The molecule has 0 radical (unpaired) electrons. The first-order valence-corrected chi connectivity index (χ1v) is 9.90. The summed E-state index contributed by atoms with van der Waals surface area (Å²) in [6.45, 7) is 4.07. The summed E-state index contributed by atoms with van der Waals surface area (Å²) < 4.78 is 13.3. The molecule has 7 heteroatoms. The van der Waals surface area contributed by atoms with Crippen LogP contribution in [0.1, 0.15) is 5.56 Å². The Bertz CT molecular complexity index is 1010. The maximum absolute atomic E-state index is 13.3. The second kappa shape index (κ2) is 8.43. The van der Waals surface area contributed by atoms with E-state index < -0.39 is 0 Å². The third-order valence-electron chi connectivity index (χ3n) is 5.42. The molecule has 0 spiro atoms. The lowest BCUT2D eigenvalue weighted by Crippen LogP contribution is -2.52. The number of aliphatic imine (C=N–C) groups is 1. The summed E-state index contributed by atoms with van der Waals surface area (Å²) in [6, 6.07) is 12.3. The van der Waals surface area contributed by atoms with Crippen molar-refractivity contribution < 1.29 is 9.50 Å². The Morgan fingerprint density at radius 1 is 1.17 bits per heavy atom. The number of fused-ring (bicyclic) bond motifs is 1. The van der Waals surface area contributed by atoms with Gasteiger partial charge in [0, 0.05) is 56.9 Å². The number of nitrogens with zero attached hydrogens (tertiary/aromatic N) is 3. The summed E-state index contributed by atoms with van der Waals surface area (Å²) in [4.78, 5) is 12.0. The number of phenolic OH excluding ortho intramolecular Hbond substituents is 1. The van der Waals surface area contributed by atoms with Crippen LogP contribution in [0.3, 0.4) is 0 Å². The Kier molecular flexibility index (Phi) is 5.55. The van der Waals surface area contributed by atoms with Crippen molar-refractivity contribution in [2.45, 2.75) is 6.42 Å². The normalized spacial score (nSPS) is 15.2. The molecule has 0 aliphatic carbocycles. The van der Waals surface area contributed by atoms with Crippen molar-refractivity contribution in [2.24, 2.45) is 4.99 Å². The van der Waals surface area contributed by atoms with Crippen molar-refractivity contribution in [3.05, 3.63) is 60.0 Å². The SMILES string of the molecule is CN=C(NCCc1c[nH]c2cc(F)ccc12)N1CCN(c2ccccc2O)CC1. The van der Waals surface area contributed by atoms with E-state index in [9.17, 15) is 9.50 Å². The van der Waals surface area contributed by atoms with Crippen molar-refractivity contribution in [3.8, 4) is 5.75 Å². The summed E-state index contributed by atoms with van der Waals surface area (Å²) in [5.41, 5.74) is 2.86. The number of halogens is 1. The zero-order valence-corrected chi connectivity index (χ0v) is 16.5. The van der Waals surface area contributed by atoms with Crippen LogP contribution in [0.4, 0.5) is 10.1 Å².